The summed E-state index contributed by atoms with van der Waals surface area (Å²) in [5.41, 5.74) is 0.738. The third-order valence-electron chi connectivity index (χ3n) is 3.92. The number of carbonyl (C=O) groups excluding carboxylic acids is 1. The molecule has 1 heterocycles. The lowest BCUT2D eigenvalue weighted by Crippen LogP contribution is -2.26. The summed E-state index contributed by atoms with van der Waals surface area (Å²) >= 11 is 0. The Morgan fingerprint density at radius 1 is 1.15 bits per heavy atom. The number of nitrogens with zero attached hydrogens (tertiary/aromatic N) is 3. The van der Waals surface area contributed by atoms with Crippen LogP contribution in [0.2, 0.25) is 0 Å². The maximum Gasteiger partial charge on any atom is 0.276 e. The number of amides is 1. The second-order valence-corrected chi connectivity index (χ2v) is 7.83. The highest BCUT2D eigenvalue weighted by Crippen LogP contribution is 2.27. The van der Waals surface area contributed by atoms with E-state index in [0.717, 1.165) is 17.8 Å². The number of aromatic nitrogens is 2. The predicted molar refractivity (Wildman–Crippen MR) is 100.0 cm³/mol. The second kappa shape index (κ2) is 7.05. The van der Waals surface area contributed by atoms with Gasteiger partial charge in [-0.15, -0.1) is 0 Å². The summed E-state index contributed by atoms with van der Waals surface area (Å²) in [4.78, 5) is 13.9. The molecule has 2 rings (SSSR count). The zero-order valence-electron chi connectivity index (χ0n) is 16.3. The molecule has 1 aromatic carbocycles. The van der Waals surface area contributed by atoms with Gasteiger partial charge in [-0.1, -0.05) is 13.8 Å². The lowest BCUT2D eigenvalue weighted by atomic mass is 10.1. The normalized spacial score (nSPS) is 11.8. The van der Waals surface area contributed by atoms with Crippen molar-refractivity contribution in [1.82, 2.24) is 9.78 Å². The van der Waals surface area contributed by atoms with Crippen LogP contribution in [0.25, 0.3) is 0 Å². The summed E-state index contributed by atoms with van der Waals surface area (Å²) in [6, 6.07) is 3.91. The van der Waals surface area contributed by atoms with Crippen LogP contribution in [0.3, 0.4) is 0 Å². The summed E-state index contributed by atoms with van der Waals surface area (Å²) in [5.74, 6) is -1.81. The molecule has 7 heteroatoms. The van der Waals surface area contributed by atoms with Gasteiger partial charge in [0.15, 0.2) is 17.3 Å². The molecule has 1 amide bonds. The van der Waals surface area contributed by atoms with Crippen molar-refractivity contribution < 1.29 is 13.6 Å². The molecule has 0 fully saturated rings. The molecule has 0 unspecified atom stereocenters. The van der Waals surface area contributed by atoms with E-state index in [1.807, 2.05) is 39.3 Å². The molecule has 26 heavy (non-hydrogen) atoms. The molecular formula is C19H26F2N4O. The van der Waals surface area contributed by atoms with Gasteiger partial charge in [0.05, 0.1) is 5.54 Å². The van der Waals surface area contributed by atoms with E-state index in [1.165, 1.54) is 4.90 Å². The molecule has 0 saturated heterocycles. The number of hydrogen-bond donors (Lipinski definition) is 1. The molecule has 0 saturated carbocycles. The first-order valence-corrected chi connectivity index (χ1v) is 8.50. The Morgan fingerprint density at radius 2 is 1.69 bits per heavy atom. The third-order valence-corrected chi connectivity index (χ3v) is 3.92. The fourth-order valence-corrected chi connectivity index (χ4v) is 2.72. The van der Waals surface area contributed by atoms with Gasteiger partial charge >= 0.3 is 0 Å². The maximum absolute atomic E-state index is 14.1. The average molecular weight is 364 g/mol. The van der Waals surface area contributed by atoms with E-state index in [9.17, 15) is 13.6 Å². The molecule has 2 aromatic rings. The quantitative estimate of drug-likeness (QED) is 0.877. The maximum atomic E-state index is 14.1. The zero-order valence-corrected chi connectivity index (χ0v) is 16.3. The highest BCUT2D eigenvalue weighted by molar-refractivity contribution is 6.03. The van der Waals surface area contributed by atoms with Crippen LogP contribution in [0, 0.1) is 11.6 Å². The minimum Gasteiger partial charge on any atom is -0.373 e. The van der Waals surface area contributed by atoms with Gasteiger partial charge in [-0.2, -0.15) is 5.10 Å². The smallest absolute Gasteiger partial charge is 0.276 e. The van der Waals surface area contributed by atoms with Crippen LogP contribution >= 0.6 is 0 Å². The summed E-state index contributed by atoms with van der Waals surface area (Å²) in [5, 5.41) is 6.92. The lowest BCUT2D eigenvalue weighted by Gasteiger charge is -2.23. The molecule has 142 valence electrons. The van der Waals surface area contributed by atoms with Crippen molar-refractivity contribution >= 4 is 17.3 Å². The summed E-state index contributed by atoms with van der Waals surface area (Å²) in [7, 11) is 3.10. The molecule has 0 spiro atoms. The minimum absolute atomic E-state index is 0.0482. The molecule has 0 aliphatic rings. The van der Waals surface area contributed by atoms with E-state index in [2.05, 4.69) is 10.4 Å². The van der Waals surface area contributed by atoms with Gasteiger partial charge in [0.2, 0.25) is 0 Å². The number of carbonyl (C=O) groups is 1. The SMILES string of the molecule is CC(C)c1cc(C(=O)Nc2cc(F)c(N(C)C)c(F)c2)nn1C(C)(C)C. The molecule has 1 N–H and O–H groups in total. The fraction of sp³-hybridized carbons (Fsp3) is 0.474. The first kappa shape index (κ1) is 19.9. The Bertz CT molecular complexity index is 796. The monoisotopic (exact) mass is 364 g/mol. The predicted octanol–water partition coefficient (Wildman–Crippen LogP) is 4.36. The number of halogens is 2. The largest absolute Gasteiger partial charge is 0.373 e. The topological polar surface area (TPSA) is 50.2 Å². The number of nitrogens with one attached hydrogen (secondary N) is 1. The van der Waals surface area contributed by atoms with Gasteiger partial charge in [-0.3, -0.25) is 9.48 Å². The highest BCUT2D eigenvalue weighted by Gasteiger charge is 2.24. The zero-order chi connectivity index (χ0) is 19.8. The molecule has 0 aliphatic heterocycles. The average Bonchev–Trinajstić information content (AvgIpc) is 2.91. The van der Waals surface area contributed by atoms with Crippen molar-refractivity contribution in [1.29, 1.82) is 0 Å². The summed E-state index contributed by atoms with van der Waals surface area (Å²) in [6.07, 6.45) is 0. The molecule has 5 nitrogen and oxygen atoms in total. The van der Waals surface area contributed by atoms with Crippen LogP contribution in [-0.2, 0) is 5.54 Å². The van der Waals surface area contributed by atoms with E-state index in [-0.39, 0.29) is 28.5 Å². The van der Waals surface area contributed by atoms with Crippen LogP contribution in [0.15, 0.2) is 18.2 Å². The van der Waals surface area contributed by atoms with Gasteiger partial charge in [-0.25, -0.2) is 8.78 Å². The van der Waals surface area contributed by atoms with E-state index < -0.39 is 17.5 Å². The molecule has 0 aliphatic carbocycles. The van der Waals surface area contributed by atoms with Gasteiger partial charge in [0, 0.05) is 25.5 Å². The molecule has 0 radical (unpaired) electrons. The Labute approximate surface area is 153 Å². The number of benzene rings is 1. The first-order chi connectivity index (χ1) is 11.9. The van der Waals surface area contributed by atoms with E-state index in [1.54, 1.807) is 20.2 Å². The minimum atomic E-state index is -0.742. The van der Waals surface area contributed by atoms with Gasteiger partial charge in [0.25, 0.3) is 5.91 Å². The Hall–Kier alpha value is -2.44. The lowest BCUT2D eigenvalue weighted by molar-refractivity contribution is 0.102. The Kier molecular flexibility index (Phi) is 5.39. The van der Waals surface area contributed by atoms with Crippen molar-refractivity contribution in [3.63, 3.8) is 0 Å². The Morgan fingerprint density at radius 3 is 2.08 bits per heavy atom. The van der Waals surface area contributed by atoms with Crippen LogP contribution < -0.4 is 10.2 Å². The summed E-state index contributed by atoms with van der Waals surface area (Å²) in [6.45, 7) is 10.0. The van der Waals surface area contributed by atoms with Gasteiger partial charge in [-0.05, 0) is 44.9 Å². The van der Waals surface area contributed by atoms with Crippen LogP contribution in [0.4, 0.5) is 20.2 Å². The first-order valence-electron chi connectivity index (χ1n) is 8.50. The van der Waals surface area contributed by atoms with Gasteiger partial charge < -0.3 is 10.2 Å². The van der Waals surface area contributed by atoms with Crippen LogP contribution in [0.1, 0.15) is 56.7 Å². The van der Waals surface area contributed by atoms with E-state index in [4.69, 9.17) is 0 Å². The number of anilines is 2. The number of hydrogen-bond acceptors (Lipinski definition) is 3. The Balaban J connectivity index is 2.34. The molecular weight excluding hydrogens is 338 g/mol. The van der Waals surface area contributed by atoms with Crippen molar-refractivity contribution in [3.05, 3.63) is 41.2 Å². The van der Waals surface area contributed by atoms with Crippen molar-refractivity contribution in [2.75, 3.05) is 24.3 Å². The highest BCUT2D eigenvalue weighted by atomic mass is 19.1. The summed E-state index contributed by atoms with van der Waals surface area (Å²) < 4.78 is 30.0. The fourth-order valence-electron chi connectivity index (χ4n) is 2.72. The van der Waals surface area contributed by atoms with Crippen LogP contribution in [-0.4, -0.2) is 29.8 Å². The molecule has 1 aromatic heterocycles. The molecule has 0 atom stereocenters. The van der Waals surface area contributed by atoms with E-state index in [0.29, 0.717) is 0 Å². The number of rotatable bonds is 4. The van der Waals surface area contributed by atoms with Crippen LogP contribution in [0.5, 0.6) is 0 Å². The van der Waals surface area contributed by atoms with Crippen molar-refractivity contribution in [2.24, 2.45) is 0 Å². The van der Waals surface area contributed by atoms with E-state index >= 15 is 0 Å². The third kappa shape index (κ3) is 4.03. The molecule has 0 bridgehead atoms. The van der Waals surface area contributed by atoms with Crippen molar-refractivity contribution in [3.8, 4) is 0 Å². The second-order valence-electron chi connectivity index (χ2n) is 7.83. The standard InChI is InChI=1S/C19H26F2N4O/c1-11(2)16-10-15(23-25(16)19(3,4)5)18(26)22-12-8-13(20)17(24(6)7)14(21)9-12/h8-11H,1-7H3,(H,22,26). The van der Waals surface area contributed by atoms with Crippen molar-refractivity contribution in [2.45, 2.75) is 46.1 Å². The van der Waals surface area contributed by atoms with Gasteiger partial charge in [0.1, 0.15) is 5.69 Å².